The highest BCUT2D eigenvalue weighted by molar-refractivity contribution is 6.79. The van der Waals surface area contributed by atoms with Crippen LogP contribution in [0.4, 0.5) is 0 Å². The van der Waals surface area contributed by atoms with Gasteiger partial charge in [0.2, 0.25) is 0 Å². The minimum atomic E-state index is -0.808. The predicted molar refractivity (Wildman–Crippen MR) is 93.8 cm³/mol. The molecule has 0 saturated heterocycles. The molecule has 0 aliphatic carbocycles. The van der Waals surface area contributed by atoms with Crippen LogP contribution in [0.2, 0.25) is 24.2 Å². The Bertz CT molecular complexity index is 164. The lowest BCUT2D eigenvalue weighted by Crippen LogP contribution is -2.30. The van der Waals surface area contributed by atoms with Crippen molar-refractivity contribution in [3.8, 4) is 0 Å². The molecule has 0 N–H and O–H groups in total. The highest BCUT2D eigenvalue weighted by Gasteiger charge is 2.25. The SMILES string of the molecule is CCCCCCCCCCCC[Si](CC)(CC)CC. The molecule has 1 heteroatoms. The molecule has 0 heterocycles. The van der Waals surface area contributed by atoms with Crippen molar-refractivity contribution in [2.75, 3.05) is 0 Å². The zero-order valence-electron chi connectivity index (χ0n) is 14.4. The van der Waals surface area contributed by atoms with E-state index in [2.05, 4.69) is 27.7 Å². The second kappa shape index (κ2) is 13.2. The van der Waals surface area contributed by atoms with Gasteiger partial charge >= 0.3 is 0 Å². The maximum atomic E-state index is 2.44. The van der Waals surface area contributed by atoms with Gasteiger partial charge in [-0.25, -0.2) is 0 Å². The lowest BCUT2D eigenvalue weighted by Gasteiger charge is -2.28. The summed E-state index contributed by atoms with van der Waals surface area (Å²) >= 11 is 0. The minimum absolute atomic E-state index is 0.808. The molecule has 0 atom stereocenters. The predicted octanol–water partition coefficient (Wildman–Crippen LogP) is 7.42. The van der Waals surface area contributed by atoms with E-state index in [1.165, 1.54) is 82.3 Å². The Labute approximate surface area is 124 Å². The van der Waals surface area contributed by atoms with E-state index in [9.17, 15) is 0 Å². The molecule has 0 fully saturated rings. The lowest BCUT2D eigenvalue weighted by molar-refractivity contribution is 0.561. The topological polar surface area (TPSA) is 0 Å². The first-order valence-electron chi connectivity index (χ1n) is 9.24. The van der Waals surface area contributed by atoms with Gasteiger partial charge < -0.3 is 0 Å². The Hall–Kier alpha value is 0.217. The molecule has 0 bridgehead atoms. The lowest BCUT2D eigenvalue weighted by atomic mass is 10.1. The normalized spacial score (nSPS) is 12.0. The second-order valence-corrected chi connectivity index (χ2v) is 12.1. The van der Waals surface area contributed by atoms with Gasteiger partial charge in [-0.05, 0) is 0 Å². The molecule has 116 valence electrons. The van der Waals surface area contributed by atoms with Gasteiger partial charge in [-0.15, -0.1) is 0 Å². The summed E-state index contributed by atoms with van der Waals surface area (Å²) in [6.07, 6.45) is 14.7. The van der Waals surface area contributed by atoms with Gasteiger partial charge in [0.25, 0.3) is 0 Å². The van der Waals surface area contributed by atoms with Crippen LogP contribution in [-0.4, -0.2) is 8.07 Å². The Morgan fingerprint density at radius 2 is 0.842 bits per heavy atom. The van der Waals surface area contributed by atoms with Crippen LogP contribution in [0.1, 0.15) is 91.9 Å². The van der Waals surface area contributed by atoms with Crippen LogP contribution < -0.4 is 0 Å². The van der Waals surface area contributed by atoms with Crippen LogP contribution in [0.5, 0.6) is 0 Å². The van der Waals surface area contributed by atoms with Crippen molar-refractivity contribution in [3.05, 3.63) is 0 Å². The van der Waals surface area contributed by atoms with Crippen molar-refractivity contribution in [2.45, 2.75) is 116 Å². The fourth-order valence-electron chi connectivity index (χ4n) is 3.27. The number of hydrogen-bond acceptors (Lipinski definition) is 0. The quantitative estimate of drug-likeness (QED) is 0.230. The number of unbranched alkanes of at least 4 members (excludes halogenated alkanes) is 9. The minimum Gasteiger partial charge on any atom is -0.0678 e. The zero-order valence-corrected chi connectivity index (χ0v) is 15.4. The van der Waals surface area contributed by atoms with Crippen molar-refractivity contribution < 1.29 is 0 Å². The molecule has 0 unspecified atom stereocenters. The van der Waals surface area contributed by atoms with E-state index >= 15 is 0 Å². The summed E-state index contributed by atoms with van der Waals surface area (Å²) in [5.74, 6) is 0. The molecule has 0 aromatic carbocycles. The Balaban J connectivity index is 3.35. The molecule has 0 saturated carbocycles. The average Bonchev–Trinajstić information content (AvgIpc) is 2.46. The third kappa shape index (κ3) is 9.71. The van der Waals surface area contributed by atoms with Crippen molar-refractivity contribution in [1.82, 2.24) is 0 Å². The van der Waals surface area contributed by atoms with Gasteiger partial charge in [0.1, 0.15) is 0 Å². The molecule has 0 aliphatic heterocycles. The average molecular weight is 285 g/mol. The van der Waals surface area contributed by atoms with E-state index in [0.29, 0.717) is 0 Å². The molecule has 0 nitrogen and oxygen atoms in total. The van der Waals surface area contributed by atoms with Crippen LogP contribution >= 0.6 is 0 Å². The molecule has 0 spiro atoms. The van der Waals surface area contributed by atoms with Crippen LogP contribution in [0.25, 0.3) is 0 Å². The van der Waals surface area contributed by atoms with Crippen molar-refractivity contribution in [1.29, 1.82) is 0 Å². The Kier molecular flexibility index (Phi) is 13.4. The van der Waals surface area contributed by atoms with Crippen LogP contribution in [0, 0.1) is 0 Å². The van der Waals surface area contributed by atoms with Crippen LogP contribution in [0.3, 0.4) is 0 Å². The highest BCUT2D eigenvalue weighted by atomic mass is 28.3. The first-order valence-corrected chi connectivity index (χ1v) is 12.1. The number of hydrogen-bond donors (Lipinski definition) is 0. The molecule has 0 radical (unpaired) electrons. The van der Waals surface area contributed by atoms with Gasteiger partial charge in [0, 0.05) is 0 Å². The van der Waals surface area contributed by atoms with Gasteiger partial charge in [-0.3, -0.25) is 0 Å². The van der Waals surface area contributed by atoms with E-state index in [0.717, 1.165) is 0 Å². The van der Waals surface area contributed by atoms with Crippen molar-refractivity contribution in [3.63, 3.8) is 0 Å². The summed E-state index contributed by atoms with van der Waals surface area (Å²) in [7, 11) is -0.808. The van der Waals surface area contributed by atoms with Gasteiger partial charge in [-0.1, -0.05) is 116 Å². The molecule has 19 heavy (non-hydrogen) atoms. The van der Waals surface area contributed by atoms with Crippen molar-refractivity contribution in [2.24, 2.45) is 0 Å². The first-order chi connectivity index (χ1) is 9.24. The smallest absolute Gasteiger partial charge is 0.0527 e. The molecule has 0 rings (SSSR count). The van der Waals surface area contributed by atoms with E-state index in [1.54, 1.807) is 6.04 Å². The summed E-state index contributed by atoms with van der Waals surface area (Å²) in [5.41, 5.74) is 0. The van der Waals surface area contributed by atoms with Gasteiger partial charge in [0.05, 0.1) is 8.07 Å². The monoisotopic (exact) mass is 284 g/mol. The summed E-state index contributed by atoms with van der Waals surface area (Å²) < 4.78 is 0. The fraction of sp³-hybridized carbons (Fsp3) is 1.00. The molecule has 0 aliphatic rings. The Morgan fingerprint density at radius 1 is 0.474 bits per heavy atom. The Morgan fingerprint density at radius 3 is 1.21 bits per heavy atom. The fourth-order valence-corrected chi connectivity index (χ4v) is 6.83. The number of rotatable bonds is 14. The molecular weight excluding hydrogens is 244 g/mol. The highest BCUT2D eigenvalue weighted by Crippen LogP contribution is 2.27. The summed E-state index contributed by atoms with van der Waals surface area (Å²) in [5, 5.41) is 0. The van der Waals surface area contributed by atoms with Crippen LogP contribution in [-0.2, 0) is 0 Å². The van der Waals surface area contributed by atoms with Crippen molar-refractivity contribution >= 4 is 8.07 Å². The van der Waals surface area contributed by atoms with E-state index < -0.39 is 8.07 Å². The van der Waals surface area contributed by atoms with Gasteiger partial charge in [0.15, 0.2) is 0 Å². The van der Waals surface area contributed by atoms with E-state index in [4.69, 9.17) is 0 Å². The zero-order chi connectivity index (χ0) is 14.4. The molecule has 0 aromatic heterocycles. The third-order valence-corrected chi connectivity index (χ3v) is 11.2. The van der Waals surface area contributed by atoms with E-state index in [-0.39, 0.29) is 0 Å². The van der Waals surface area contributed by atoms with Gasteiger partial charge in [-0.2, -0.15) is 0 Å². The molecule has 0 amide bonds. The molecular formula is C18H40Si. The van der Waals surface area contributed by atoms with Crippen LogP contribution in [0.15, 0.2) is 0 Å². The summed E-state index contributed by atoms with van der Waals surface area (Å²) in [6.45, 7) is 9.62. The largest absolute Gasteiger partial charge is 0.0678 e. The standard InChI is InChI=1S/C18H40Si/c1-5-9-10-11-12-13-14-15-16-17-18-19(6-2,7-3)8-4/h5-18H2,1-4H3. The maximum absolute atomic E-state index is 2.44. The summed E-state index contributed by atoms with van der Waals surface area (Å²) in [4.78, 5) is 0. The maximum Gasteiger partial charge on any atom is 0.0527 e. The summed E-state index contributed by atoms with van der Waals surface area (Å²) in [6, 6.07) is 6.14. The first kappa shape index (κ1) is 19.2. The second-order valence-electron chi connectivity index (χ2n) is 6.49. The molecule has 0 aromatic rings. The third-order valence-electron chi connectivity index (χ3n) is 5.31. The van der Waals surface area contributed by atoms with E-state index in [1.807, 2.05) is 0 Å².